The van der Waals surface area contributed by atoms with Gasteiger partial charge in [-0.2, -0.15) is 5.10 Å². The Morgan fingerprint density at radius 1 is 1.37 bits per heavy atom. The maximum Gasteiger partial charge on any atom is 0.0560 e. The zero-order valence-electron chi connectivity index (χ0n) is 11.0. The van der Waals surface area contributed by atoms with Gasteiger partial charge in [-0.05, 0) is 43.5 Å². The molecular weight excluding hydrogens is 258 g/mol. The second-order valence-electron chi connectivity index (χ2n) is 5.36. The van der Waals surface area contributed by atoms with Gasteiger partial charge in [0.05, 0.1) is 6.54 Å². The lowest BCUT2D eigenvalue weighted by Gasteiger charge is -2.23. The van der Waals surface area contributed by atoms with E-state index in [1.807, 2.05) is 35.3 Å². The Hall–Kier alpha value is -1.32. The van der Waals surface area contributed by atoms with Gasteiger partial charge in [-0.25, -0.2) is 0 Å². The zero-order chi connectivity index (χ0) is 13.3. The van der Waals surface area contributed by atoms with Crippen molar-refractivity contribution in [1.29, 1.82) is 0 Å². The second-order valence-corrected chi connectivity index (χ2v) is 5.80. The van der Waals surface area contributed by atoms with E-state index in [0.29, 0.717) is 6.04 Å². The number of aromatic nitrogens is 2. The predicted octanol–water partition coefficient (Wildman–Crippen LogP) is 3.20. The summed E-state index contributed by atoms with van der Waals surface area (Å²) in [5.41, 5.74) is 1.49. The average Bonchev–Trinajstić information content (AvgIpc) is 2.98. The minimum Gasteiger partial charge on any atom is -0.303 e. The summed E-state index contributed by atoms with van der Waals surface area (Å²) in [6.07, 6.45) is 6.20. The van der Waals surface area contributed by atoms with Crippen molar-refractivity contribution in [1.82, 2.24) is 15.1 Å². The Balaban J connectivity index is 1.67. The molecule has 0 radical (unpaired) electrons. The number of hydrogen-bond acceptors (Lipinski definition) is 2. The molecule has 0 aliphatic heterocycles. The zero-order valence-corrected chi connectivity index (χ0v) is 11.8. The summed E-state index contributed by atoms with van der Waals surface area (Å²) in [7, 11) is 0. The lowest BCUT2D eigenvalue weighted by molar-refractivity contribution is 0.386. The van der Waals surface area contributed by atoms with E-state index < -0.39 is 0 Å². The van der Waals surface area contributed by atoms with Crippen LogP contribution in [-0.2, 0) is 12.1 Å². The molecular formula is C15H18ClN3. The molecule has 0 bridgehead atoms. The highest BCUT2D eigenvalue weighted by atomic mass is 35.5. The van der Waals surface area contributed by atoms with E-state index in [2.05, 4.69) is 29.5 Å². The number of benzene rings is 1. The summed E-state index contributed by atoms with van der Waals surface area (Å²) in [5, 5.41) is 8.78. The molecule has 1 heterocycles. The Morgan fingerprint density at radius 2 is 2.11 bits per heavy atom. The maximum absolute atomic E-state index is 5.95. The van der Waals surface area contributed by atoms with Gasteiger partial charge in [-0.1, -0.05) is 23.7 Å². The third-order valence-electron chi connectivity index (χ3n) is 3.69. The largest absolute Gasteiger partial charge is 0.303 e. The number of nitrogens with zero attached hydrogens (tertiary/aromatic N) is 2. The Bertz CT molecular complexity index is 529. The number of rotatable bonds is 5. The minimum absolute atomic E-state index is 0.150. The van der Waals surface area contributed by atoms with Crippen molar-refractivity contribution in [2.24, 2.45) is 0 Å². The monoisotopic (exact) mass is 275 g/mol. The molecule has 1 aromatic carbocycles. The van der Waals surface area contributed by atoms with Crippen LogP contribution in [0.1, 0.15) is 25.3 Å². The molecule has 1 atom stereocenters. The highest BCUT2D eigenvalue weighted by molar-refractivity contribution is 6.30. The van der Waals surface area contributed by atoms with Gasteiger partial charge in [-0.3, -0.25) is 4.68 Å². The Kier molecular flexibility index (Phi) is 3.33. The highest BCUT2D eigenvalue weighted by Gasteiger charge is 2.44. The van der Waals surface area contributed by atoms with E-state index in [-0.39, 0.29) is 5.54 Å². The van der Waals surface area contributed by atoms with Gasteiger partial charge in [0.25, 0.3) is 0 Å². The van der Waals surface area contributed by atoms with Crippen molar-refractivity contribution in [3.63, 3.8) is 0 Å². The number of hydrogen-bond donors (Lipinski definition) is 1. The molecule has 1 aromatic heterocycles. The van der Waals surface area contributed by atoms with Gasteiger partial charge in [0.15, 0.2) is 0 Å². The van der Waals surface area contributed by atoms with Gasteiger partial charge in [0.2, 0.25) is 0 Å². The summed E-state index contributed by atoms with van der Waals surface area (Å²) in [6, 6.07) is 10.5. The summed E-state index contributed by atoms with van der Waals surface area (Å²) >= 11 is 5.95. The van der Waals surface area contributed by atoms with E-state index in [1.54, 1.807) is 0 Å². The van der Waals surface area contributed by atoms with Gasteiger partial charge >= 0.3 is 0 Å². The molecule has 4 heteroatoms. The predicted molar refractivity (Wildman–Crippen MR) is 77.2 cm³/mol. The van der Waals surface area contributed by atoms with Crippen molar-refractivity contribution in [3.05, 3.63) is 53.3 Å². The van der Waals surface area contributed by atoms with Crippen LogP contribution < -0.4 is 5.32 Å². The van der Waals surface area contributed by atoms with Crippen molar-refractivity contribution in [3.8, 4) is 0 Å². The molecule has 3 nitrogen and oxygen atoms in total. The first kappa shape index (κ1) is 12.7. The minimum atomic E-state index is 0.150. The lowest BCUT2D eigenvalue weighted by Crippen LogP contribution is -2.39. The van der Waals surface area contributed by atoms with Crippen LogP contribution in [0.15, 0.2) is 42.7 Å². The molecule has 3 rings (SSSR count). The number of nitrogens with one attached hydrogen (secondary N) is 1. The molecule has 0 spiro atoms. The van der Waals surface area contributed by atoms with Crippen molar-refractivity contribution < 1.29 is 0 Å². The average molecular weight is 276 g/mol. The molecule has 2 aromatic rings. The van der Waals surface area contributed by atoms with Crippen LogP contribution in [0, 0.1) is 0 Å². The summed E-state index contributed by atoms with van der Waals surface area (Å²) < 4.78 is 1.97. The normalized spacial score (nSPS) is 18.2. The van der Waals surface area contributed by atoms with Crippen LogP contribution in [-0.4, -0.2) is 15.8 Å². The smallest absolute Gasteiger partial charge is 0.0560 e. The van der Waals surface area contributed by atoms with E-state index in [0.717, 1.165) is 11.6 Å². The van der Waals surface area contributed by atoms with Crippen LogP contribution in [0.4, 0.5) is 0 Å². The topological polar surface area (TPSA) is 29.9 Å². The SMILES string of the molecule is C[C@H](Cn1cccn1)NC1(c2ccc(Cl)cc2)CC1. The summed E-state index contributed by atoms with van der Waals surface area (Å²) in [5.74, 6) is 0. The van der Waals surface area contributed by atoms with Crippen LogP contribution in [0.3, 0.4) is 0 Å². The third-order valence-corrected chi connectivity index (χ3v) is 3.94. The molecule has 0 unspecified atom stereocenters. The van der Waals surface area contributed by atoms with Crippen molar-refractivity contribution in [2.45, 2.75) is 37.9 Å². The van der Waals surface area contributed by atoms with E-state index >= 15 is 0 Å². The fourth-order valence-electron chi connectivity index (χ4n) is 2.62. The molecule has 0 saturated heterocycles. The highest BCUT2D eigenvalue weighted by Crippen LogP contribution is 2.46. The van der Waals surface area contributed by atoms with Crippen LogP contribution in [0.25, 0.3) is 0 Å². The molecule has 1 fully saturated rings. The number of halogens is 1. The van der Waals surface area contributed by atoms with Gasteiger partial charge < -0.3 is 5.32 Å². The van der Waals surface area contributed by atoms with E-state index in [9.17, 15) is 0 Å². The molecule has 1 saturated carbocycles. The molecule has 0 amide bonds. The fourth-order valence-corrected chi connectivity index (χ4v) is 2.74. The molecule has 100 valence electrons. The first-order valence-corrected chi connectivity index (χ1v) is 7.07. The summed E-state index contributed by atoms with van der Waals surface area (Å²) in [6.45, 7) is 3.10. The lowest BCUT2D eigenvalue weighted by atomic mass is 10.0. The molecule has 19 heavy (non-hydrogen) atoms. The quantitative estimate of drug-likeness (QED) is 0.908. The van der Waals surface area contributed by atoms with Gasteiger partial charge in [0, 0.05) is 29.0 Å². The maximum atomic E-state index is 5.95. The van der Waals surface area contributed by atoms with Crippen LogP contribution in [0.5, 0.6) is 0 Å². The van der Waals surface area contributed by atoms with E-state index in [4.69, 9.17) is 11.6 Å². The van der Waals surface area contributed by atoms with Crippen molar-refractivity contribution >= 4 is 11.6 Å². The van der Waals surface area contributed by atoms with Crippen LogP contribution >= 0.6 is 11.6 Å². The third kappa shape index (κ3) is 2.82. The van der Waals surface area contributed by atoms with E-state index in [1.165, 1.54) is 18.4 Å². The van der Waals surface area contributed by atoms with Crippen molar-refractivity contribution in [2.75, 3.05) is 0 Å². The standard InChI is InChI=1S/C15H18ClN3/c1-12(11-19-10-2-9-17-19)18-15(7-8-15)13-3-5-14(16)6-4-13/h2-6,9-10,12,18H,7-8,11H2,1H3/t12-/m1/s1. The fraction of sp³-hybridized carbons (Fsp3) is 0.400. The molecule has 1 aliphatic carbocycles. The molecule has 1 aliphatic rings. The second kappa shape index (κ2) is 4.99. The first-order chi connectivity index (χ1) is 9.18. The van der Waals surface area contributed by atoms with Gasteiger partial charge in [-0.15, -0.1) is 0 Å². The Morgan fingerprint density at radius 3 is 2.68 bits per heavy atom. The first-order valence-electron chi connectivity index (χ1n) is 6.69. The molecule has 1 N–H and O–H groups in total. The van der Waals surface area contributed by atoms with Gasteiger partial charge in [0.1, 0.15) is 0 Å². The Labute approximate surface area is 118 Å². The summed E-state index contributed by atoms with van der Waals surface area (Å²) in [4.78, 5) is 0. The van der Waals surface area contributed by atoms with Crippen LogP contribution in [0.2, 0.25) is 5.02 Å².